The molecule has 0 spiro atoms. The van der Waals surface area contributed by atoms with E-state index < -0.39 is 0 Å². The normalized spacial score (nSPS) is 19.1. The van der Waals surface area contributed by atoms with Gasteiger partial charge >= 0.3 is 0 Å². The van der Waals surface area contributed by atoms with Crippen LogP contribution in [0.15, 0.2) is 4.99 Å². The zero-order valence-corrected chi connectivity index (χ0v) is 20.3. The van der Waals surface area contributed by atoms with Gasteiger partial charge in [0.15, 0.2) is 5.96 Å². The Balaban J connectivity index is 0.00000625. The van der Waals surface area contributed by atoms with Gasteiger partial charge in [0.25, 0.3) is 0 Å². The quantitative estimate of drug-likeness (QED) is 0.283. The maximum atomic E-state index is 4.39. The van der Waals surface area contributed by atoms with E-state index in [-0.39, 0.29) is 24.0 Å². The molecule has 156 valence electrons. The summed E-state index contributed by atoms with van der Waals surface area (Å²) in [6, 6.07) is 0.978. The van der Waals surface area contributed by atoms with Crippen LogP contribution in [-0.4, -0.2) is 99.2 Å². The number of guanidine groups is 1. The molecule has 2 N–H and O–H groups in total. The van der Waals surface area contributed by atoms with Crippen molar-refractivity contribution >= 4 is 29.9 Å². The molecular formula is C19H43IN6. The first-order chi connectivity index (χ1) is 12.0. The molecule has 26 heavy (non-hydrogen) atoms. The molecule has 0 radical (unpaired) electrons. The van der Waals surface area contributed by atoms with E-state index in [1.54, 1.807) is 0 Å². The first-order valence-corrected chi connectivity index (χ1v) is 10.1. The number of hydrogen-bond donors (Lipinski definition) is 2. The number of halogens is 1. The van der Waals surface area contributed by atoms with Crippen molar-refractivity contribution < 1.29 is 0 Å². The Hall–Kier alpha value is -0.120. The summed E-state index contributed by atoms with van der Waals surface area (Å²) in [6.45, 7) is 18.1. The average molecular weight is 482 g/mol. The smallest absolute Gasteiger partial charge is 0.191 e. The van der Waals surface area contributed by atoms with E-state index in [9.17, 15) is 0 Å². The second kappa shape index (κ2) is 14.9. The van der Waals surface area contributed by atoms with E-state index in [0.717, 1.165) is 38.7 Å². The molecule has 1 aliphatic rings. The van der Waals surface area contributed by atoms with Crippen molar-refractivity contribution in [3.8, 4) is 0 Å². The van der Waals surface area contributed by atoms with Crippen LogP contribution in [0.25, 0.3) is 0 Å². The Kier molecular flexibility index (Phi) is 14.8. The first-order valence-electron chi connectivity index (χ1n) is 10.1. The summed E-state index contributed by atoms with van der Waals surface area (Å²) < 4.78 is 0. The number of aliphatic imine (C=N–C) groups is 1. The van der Waals surface area contributed by atoms with E-state index in [1.165, 1.54) is 32.5 Å². The summed E-state index contributed by atoms with van der Waals surface area (Å²) in [6.07, 6.45) is 2.40. The highest BCUT2D eigenvalue weighted by Crippen LogP contribution is 2.04. The van der Waals surface area contributed by atoms with Crippen LogP contribution in [0.2, 0.25) is 0 Å². The van der Waals surface area contributed by atoms with Crippen LogP contribution in [0, 0.1) is 0 Å². The Morgan fingerprint density at radius 3 is 2.27 bits per heavy atom. The van der Waals surface area contributed by atoms with E-state index >= 15 is 0 Å². The van der Waals surface area contributed by atoms with Gasteiger partial charge in [-0.05, 0) is 53.4 Å². The van der Waals surface area contributed by atoms with Gasteiger partial charge in [-0.1, -0.05) is 13.8 Å². The Morgan fingerprint density at radius 2 is 1.73 bits per heavy atom. The molecule has 7 heteroatoms. The summed E-state index contributed by atoms with van der Waals surface area (Å²) in [5.41, 5.74) is 0. The SMILES string of the molecule is CCN(CC)CCCC(C)NC(=NC)NCC(C)N1CCN(C)CC1.I. The lowest BCUT2D eigenvalue weighted by molar-refractivity contribution is 0.120. The monoisotopic (exact) mass is 482 g/mol. The maximum absolute atomic E-state index is 4.39. The van der Waals surface area contributed by atoms with E-state index in [0.29, 0.717) is 12.1 Å². The largest absolute Gasteiger partial charge is 0.355 e. The third-order valence-electron chi connectivity index (χ3n) is 5.34. The van der Waals surface area contributed by atoms with E-state index in [1.807, 2.05) is 7.05 Å². The van der Waals surface area contributed by atoms with Gasteiger partial charge in [0.05, 0.1) is 0 Å². The van der Waals surface area contributed by atoms with Crippen LogP contribution in [0.3, 0.4) is 0 Å². The predicted molar refractivity (Wildman–Crippen MR) is 125 cm³/mol. The standard InChI is InChI=1S/C19H42N6.HI/c1-7-24(8-2)11-9-10-17(3)22-19(20-5)21-16-18(4)25-14-12-23(6)13-15-25;/h17-18H,7-16H2,1-6H3,(H2,20,21,22);1H. The van der Waals surface area contributed by atoms with Gasteiger partial charge in [-0.2, -0.15) is 0 Å². The molecule has 1 rings (SSSR count). The third kappa shape index (κ3) is 10.3. The molecule has 0 aromatic carbocycles. The molecule has 0 amide bonds. The fourth-order valence-electron chi connectivity index (χ4n) is 3.30. The molecule has 0 saturated carbocycles. The van der Waals surface area contributed by atoms with Crippen molar-refractivity contribution in [3.63, 3.8) is 0 Å². The minimum atomic E-state index is 0. The van der Waals surface area contributed by atoms with Gasteiger partial charge in [0.1, 0.15) is 0 Å². The number of piperazine rings is 1. The van der Waals surface area contributed by atoms with E-state index in [2.05, 4.69) is 65.1 Å². The Bertz CT molecular complexity index is 367. The summed E-state index contributed by atoms with van der Waals surface area (Å²) >= 11 is 0. The van der Waals surface area contributed by atoms with Crippen LogP contribution >= 0.6 is 24.0 Å². The highest BCUT2D eigenvalue weighted by Gasteiger charge is 2.19. The van der Waals surface area contributed by atoms with Crippen molar-refractivity contribution in [3.05, 3.63) is 0 Å². The summed E-state index contributed by atoms with van der Waals surface area (Å²) in [4.78, 5) is 11.8. The van der Waals surface area contributed by atoms with Crippen molar-refractivity contribution in [2.24, 2.45) is 4.99 Å². The molecule has 0 aliphatic carbocycles. The van der Waals surface area contributed by atoms with Gasteiger partial charge in [0.2, 0.25) is 0 Å². The highest BCUT2D eigenvalue weighted by molar-refractivity contribution is 14.0. The van der Waals surface area contributed by atoms with Gasteiger partial charge in [-0.15, -0.1) is 24.0 Å². The number of likely N-dealkylation sites (N-methyl/N-ethyl adjacent to an activating group) is 1. The fraction of sp³-hybridized carbons (Fsp3) is 0.947. The molecular weight excluding hydrogens is 439 g/mol. The lowest BCUT2D eigenvalue weighted by Gasteiger charge is -2.36. The number of rotatable bonds is 10. The van der Waals surface area contributed by atoms with Crippen LogP contribution in [0.1, 0.15) is 40.5 Å². The average Bonchev–Trinajstić information content (AvgIpc) is 2.62. The molecule has 2 atom stereocenters. The predicted octanol–water partition coefficient (Wildman–Crippen LogP) is 1.92. The molecule has 6 nitrogen and oxygen atoms in total. The summed E-state index contributed by atoms with van der Waals surface area (Å²) in [5, 5.41) is 7.04. The summed E-state index contributed by atoms with van der Waals surface area (Å²) in [7, 11) is 4.06. The van der Waals surface area contributed by atoms with E-state index in [4.69, 9.17) is 0 Å². The van der Waals surface area contributed by atoms with Crippen LogP contribution in [0.4, 0.5) is 0 Å². The van der Waals surface area contributed by atoms with Crippen molar-refractivity contribution in [1.29, 1.82) is 0 Å². The van der Waals surface area contributed by atoms with Crippen LogP contribution in [0.5, 0.6) is 0 Å². The number of hydrogen-bond acceptors (Lipinski definition) is 4. The first kappa shape index (κ1) is 25.9. The highest BCUT2D eigenvalue weighted by atomic mass is 127. The molecule has 0 bridgehead atoms. The van der Waals surface area contributed by atoms with Crippen molar-refractivity contribution in [2.45, 2.75) is 52.6 Å². The zero-order chi connectivity index (χ0) is 18.7. The minimum Gasteiger partial charge on any atom is -0.355 e. The lowest BCUT2D eigenvalue weighted by atomic mass is 10.2. The lowest BCUT2D eigenvalue weighted by Crippen LogP contribution is -2.52. The zero-order valence-electron chi connectivity index (χ0n) is 17.9. The Morgan fingerprint density at radius 1 is 1.12 bits per heavy atom. The van der Waals surface area contributed by atoms with Crippen molar-refractivity contribution in [1.82, 2.24) is 25.3 Å². The van der Waals surface area contributed by atoms with Crippen molar-refractivity contribution in [2.75, 3.05) is 66.5 Å². The molecule has 0 aromatic rings. The molecule has 1 aliphatic heterocycles. The number of nitrogens with zero attached hydrogens (tertiary/aromatic N) is 4. The van der Waals surface area contributed by atoms with Gasteiger partial charge in [-0.25, -0.2) is 0 Å². The third-order valence-corrected chi connectivity index (χ3v) is 5.34. The number of nitrogens with one attached hydrogen (secondary N) is 2. The molecule has 0 aromatic heterocycles. The topological polar surface area (TPSA) is 46.1 Å². The summed E-state index contributed by atoms with van der Waals surface area (Å²) in [5.74, 6) is 0.927. The molecule has 1 fully saturated rings. The second-order valence-corrected chi connectivity index (χ2v) is 7.36. The van der Waals surface area contributed by atoms with Gasteiger partial charge in [-0.3, -0.25) is 9.89 Å². The maximum Gasteiger partial charge on any atom is 0.191 e. The van der Waals surface area contributed by atoms with Gasteiger partial charge < -0.3 is 20.4 Å². The fourth-order valence-corrected chi connectivity index (χ4v) is 3.30. The molecule has 1 heterocycles. The van der Waals surface area contributed by atoms with Crippen LogP contribution < -0.4 is 10.6 Å². The molecule has 1 saturated heterocycles. The van der Waals surface area contributed by atoms with Gasteiger partial charge in [0, 0.05) is 51.9 Å². The second-order valence-electron chi connectivity index (χ2n) is 7.36. The Labute approximate surface area is 179 Å². The minimum absolute atomic E-state index is 0. The molecule has 2 unspecified atom stereocenters. The van der Waals surface area contributed by atoms with Crippen LogP contribution in [-0.2, 0) is 0 Å².